The second kappa shape index (κ2) is 5.16. The highest BCUT2D eigenvalue weighted by atomic mass is 32.3. The molecule has 0 aromatic heterocycles. The summed E-state index contributed by atoms with van der Waals surface area (Å²) in [5.41, 5.74) is 0. The molecule has 0 atom stereocenters. The Kier molecular flexibility index (Phi) is 7.04. The molecule has 0 aliphatic rings. The van der Waals surface area contributed by atoms with Crippen LogP contribution in [0.3, 0.4) is 0 Å². The summed E-state index contributed by atoms with van der Waals surface area (Å²) in [6.45, 7) is 4.75. The van der Waals surface area contributed by atoms with Gasteiger partial charge in [-0.3, -0.25) is 0 Å². The van der Waals surface area contributed by atoms with Crippen LogP contribution in [-0.4, -0.2) is 31.2 Å². The van der Waals surface area contributed by atoms with Gasteiger partial charge in [-0.2, -0.15) is 0 Å². The van der Waals surface area contributed by atoms with Gasteiger partial charge >= 0.3 is 0 Å². The molecular formula is C6H17NS. The number of hydrogen-bond acceptors (Lipinski definition) is 1. The van der Waals surface area contributed by atoms with Crippen LogP contribution in [0.25, 0.3) is 0 Å². The zero-order valence-electron chi connectivity index (χ0n) is 6.32. The lowest BCUT2D eigenvalue weighted by Crippen LogP contribution is -1.92. The predicted molar refractivity (Wildman–Crippen MR) is 45.7 cm³/mol. The molecule has 0 aromatic carbocycles. The van der Waals surface area contributed by atoms with Crippen LogP contribution in [0.1, 0.15) is 6.92 Å². The molecule has 0 amide bonds. The normalized spacial score (nSPS) is 11.5. The SMILES string of the molecule is C=N.CCS(C)(C)C. The highest BCUT2D eigenvalue weighted by molar-refractivity contribution is 8.32. The van der Waals surface area contributed by atoms with Gasteiger partial charge in [0.15, 0.2) is 0 Å². The summed E-state index contributed by atoms with van der Waals surface area (Å²) in [5, 5.41) is 5.50. The Morgan fingerprint density at radius 3 is 1.38 bits per heavy atom. The monoisotopic (exact) mass is 135 g/mol. The first-order chi connectivity index (χ1) is 3.56. The van der Waals surface area contributed by atoms with Crippen molar-refractivity contribution in [3.63, 3.8) is 0 Å². The van der Waals surface area contributed by atoms with E-state index in [1.807, 2.05) is 0 Å². The fraction of sp³-hybridized carbons (Fsp3) is 0.833. The van der Waals surface area contributed by atoms with Crippen molar-refractivity contribution < 1.29 is 0 Å². The molecule has 0 bridgehead atoms. The molecule has 1 nitrogen and oxygen atoms in total. The summed E-state index contributed by atoms with van der Waals surface area (Å²) in [6.07, 6.45) is 6.98. The molecule has 0 rings (SSSR count). The van der Waals surface area contributed by atoms with Gasteiger partial charge in [0.1, 0.15) is 0 Å². The second-order valence-corrected chi connectivity index (χ2v) is 7.14. The van der Waals surface area contributed by atoms with Crippen LogP contribution in [0.4, 0.5) is 0 Å². The van der Waals surface area contributed by atoms with E-state index in [0.29, 0.717) is 0 Å². The number of rotatable bonds is 1. The molecule has 0 spiro atoms. The van der Waals surface area contributed by atoms with Gasteiger partial charge in [-0.05, 0) is 31.2 Å². The van der Waals surface area contributed by atoms with Crippen LogP contribution in [0, 0.1) is 5.41 Å². The Morgan fingerprint density at radius 2 is 1.38 bits per heavy atom. The van der Waals surface area contributed by atoms with E-state index in [1.54, 1.807) is 0 Å². The van der Waals surface area contributed by atoms with Crippen molar-refractivity contribution in [2.24, 2.45) is 0 Å². The molecule has 52 valence electrons. The minimum atomic E-state index is -0.162. The van der Waals surface area contributed by atoms with Crippen LogP contribution in [-0.2, 0) is 0 Å². The lowest BCUT2D eigenvalue weighted by atomic mass is 11.0. The van der Waals surface area contributed by atoms with Crippen molar-refractivity contribution in [3.05, 3.63) is 0 Å². The Morgan fingerprint density at radius 1 is 1.25 bits per heavy atom. The van der Waals surface area contributed by atoms with Crippen molar-refractivity contribution >= 4 is 16.7 Å². The molecule has 0 aliphatic carbocycles. The highest BCUT2D eigenvalue weighted by Crippen LogP contribution is 2.32. The van der Waals surface area contributed by atoms with Crippen LogP contribution in [0.5, 0.6) is 0 Å². The fourth-order valence-corrected chi connectivity index (χ4v) is 0. The smallest absolute Gasteiger partial charge is 0.0187 e. The summed E-state index contributed by atoms with van der Waals surface area (Å²) in [5.74, 6) is 1.35. The van der Waals surface area contributed by atoms with Gasteiger partial charge in [-0.1, -0.05) is 6.92 Å². The van der Waals surface area contributed by atoms with Gasteiger partial charge in [-0.25, -0.2) is 10.0 Å². The van der Waals surface area contributed by atoms with Crippen LogP contribution in [0.15, 0.2) is 0 Å². The Hall–Kier alpha value is 0.0200. The topological polar surface area (TPSA) is 23.9 Å². The zero-order valence-corrected chi connectivity index (χ0v) is 7.14. The van der Waals surface area contributed by atoms with E-state index in [1.165, 1.54) is 5.75 Å². The lowest BCUT2D eigenvalue weighted by Gasteiger charge is -2.21. The maximum atomic E-state index is 5.50. The van der Waals surface area contributed by atoms with Gasteiger partial charge in [0.2, 0.25) is 0 Å². The van der Waals surface area contributed by atoms with Gasteiger partial charge in [0.25, 0.3) is 0 Å². The van der Waals surface area contributed by atoms with Crippen LogP contribution in [0.2, 0.25) is 0 Å². The number of nitrogens with one attached hydrogen (secondary N) is 1. The Balaban J connectivity index is 0. The van der Waals surface area contributed by atoms with Gasteiger partial charge < -0.3 is 5.41 Å². The van der Waals surface area contributed by atoms with E-state index in [-0.39, 0.29) is 10.0 Å². The molecular weight excluding hydrogens is 118 g/mol. The number of hydrogen-bond donors (Lipinski definition) is 1. The minimum Gasteiger partial charge on any atom is -0.317 e. The van der Waals surface area contributed by atoms with E-state index < -0.39 is 0 Å². The molecule has 0 heterocycles. The van der Waals surface area contributed by atoms with E-state index >= 15 is 0 Å². The van der Waals surface area contributed by atoms with Crippen molar-refractivity contribution in [2.45, 2.75) is 6.92 Å². The summed E-state index contributed by atoms with van der Waals surface area (Å²) in [6, 6.07) is 0. The molecule has 0 radical (unpaired) electrons. The quantitative estimate of drug-likeness (QED) is 0.531. The Labute approximate surface area is 54.3 Å². The largest absolute Gasteiger partial charge is 0.317 e. The molecule has 8 heavy (non-hydrogen) atoms. The second-order valence-electron chi connectivity index (χ2n) is 2.38. The lowest BCUT2D eigenvalue weighted by molar-refractivity contribution is 1.49. The molecule has 0 saturated heterocycles. The van der Waals surface area contributed by atoms with Crippen molar-refractivity contribution in [1.82, 2.24) is 0 Å². The van der Waals surface area contributed by atoms with Crippen molar-refractivity contribution in [3.8, 4) is 0 Å². The van der Waals surface area contributed by atoms with Crippen LogP contribution >= 0.6 is 10.0 Å². The zero-order chi connectivity index (χ0) is 7.21. The van der Waals surface area contributed by atoms with E-state index in [9.17, 15) is 0 Å². The summed E-state index contributed by atoms with van der Waals surface area (Å²) in [7, 11) is -0.162. The first-order valence-electron chi connectivity index (χ1n) is 2.57. The van der Waals surface area contributed by atoms with Crippen molar-refractivity contribution in [2.75, 3.05) is 24.5 Å². The molecule has 1 N–H and O–H groups in total. The summed E-state index contributed by atoms with van der Waals surface area (Å²) >= 11 is 0. The fourth-order valence-electron chi connectivity index (χ4n) is 0. The maximum Gasteiger partial charge on any atom is -0.0187 e. The molecule has 0 saturated carbocycles. The summed E-state index contributed by atoms with van der Waals surface area (Å²) in [4.78, 5) is 0. The third-order valence-corrected chi connectivity index (χ3v) is 2.60. The third-order valence-electron chi connectivity index (χ3n) is 0.866. The first-order valence-corrected chi connectivity index (χ1v) is 5.60. The maximum absolute atomic E-state index is 5.50. The molecule has 0 aromatic rings. The predicted octanol–water partition coefficient (Wildman–Crippen LogP) is 1.97. The molecule has 0 unspecified atom stereocenters. The van der Waals surface area contributed by atoms with E-state index in [0.717, 1.165) is 0 Å². The van der Waals surface area contributed by atoms with Crippen LogP contribution < -0.4 is 0 Å². The van der Waals surface area contributed by atoms with Gasteiger partial charge in [0.05, 0.1) is 0 Å². The van der Waals surface area contributed by atoms with Gasteiger partial charge in [-0.15, -0.1) is 0 Å². The van der Waals surface area contributed by atoms with Crippen molar-refractivity contribution in [1.29, 1.82) is 5.41 Å². The van der Waals surface area contributed by atoms with E-state index in [2.05, 4.69) is 32.4 Å². The van der Waals surface area contributed by atoms with E-state index in [4.69, 9.17) is 5.41 Å². The third kappa shape index (κ3) is 16.6. The first kappa shape index (κ1) is 10.9. The average molecular weight is 135 g/mol. The average Bonchev–Trinajstić information content (AvgIpc) is 1.71. The minimum absolute atomic E-state index is 0.162. The Bertz CT molecular complexity index is 47.0. The molecule has 2 heteroatoms. The van der Waals surface area contributed by atoms with Gasteiger partial charge in [0, 0.05) is 0 Å². The molecule has 0 aliphatic heterocycles. The summed E-state index contributed by atoms with van der Waals surface area (Å²) < 4.78 is 0. The highest BCUT2D eigenvalue weighted by Gasteiger charge is 1.95. The standard InChI is InChI=1S/C5H14S.CH3N/c1-5-6(2,3)4;1-2/h5H2,1-4H3;2H,1H2. The molecule has 0 fully saturated rings.